The molecule has 1 unspecified atom stereocenters. The third kappa shape index (κ3) is 3.69. The minimum absolute atomic E-state index is 0.0697. The number of piperidine rings is 1. The maximum absolute atomic E-state index is 12.5. The van der Waals surface area contributed by atoms with Crippen molar-refractivity contribution in [3.05, 3.63) is 46.2 Å². The zero-order valence-corrected chi connectivity index (χ0v) is 13.4. The van der Waals surface area contributed by atoms with E-state index < -0.39 is 0 Å². The van der Waals surface area contributed by atoms with E-state index in [2.05, 4.69) is 9.97 Å². The molecular weight excluding hydrogens is 298 g/mol. The number of ether oxygens (including phenoxy) is 1. The van der Waals surface area contributed by atoms with Gasteiger partial charge in [0.25, 0.3) is 5.91 Å². The number of thiazole rings is 1. The Morgan fingerprint density at radius 2 is 2.41 bits per heavy atom. The summed E-state index contributed by atoms with van der Waals surface area (Å²) in [5, 5.41) is 0.921. The van der Waals surface area contributed by atoms with E-state index in [9.17, 15) is 4.79 Å². The molecule has 1 aliphatic heterocycles. The first-order valence-corrected chi connectivity index (χ1v) is 8.26. The number of carbonyl (C=O) groups excluding carboxylic acids is 1. The van der Waals surface area contributed by atoms with Crippen molar-refractivity contribution in [3.63, 3.8) is 0 Å². The molecule has 2 aromatic heterocycles. The zero-order valence-electron chi connectivity index (χ0n) is 12.6. The standard InChI is InChI=1S/C16H19N3O2S/c1-12-18-9-15(22-12)16(20)19-7-3-5-14(10-19)21-11-13-4-2-6-17-8-13/h2,4,6,8-9,14H,3,5,7,10-11H2,1H3. The second-order valence-corrected chi connectivity index (χ2v) is 6.67. The molecule has 116 valence electrons. The molecule has 3 rings (SSSR count). The average molecular weight is 317 g/mol. The predicted molar refractivity (Wildman–Crippen MR) is 84.8 cm³/mol. The lowest BCUT2D eigenvalue weighted by Gasteiger charge is -2.32. The fourth-order valence-corrected chi connectivity index (χ4v) is 3.32. The van der Waals surface area contributed by atoms with Gasteiger partial charge in [0.15, 0.2) is 0 Å². The lowest BCUT2D eigenvalue weighted by Crippen LogP contribution is -2.43. The van der Waals surface area contributed by atoms with Crippen molar-refractivity contribution >= 4 is 17.2 Å². The molecule has 1 fully saturated rings. The summed E-state index contributed by atoms with van der Waals surface area (Å²) in [4.78, 5) is 23.3. The predicted octanol–water partition coefficient (Wildman–Crippen LogP) is 2.67. The summed E-state index contributed by atoms with van der Waals surface area (Å²) < 4.78 is 5.94. The van der Waals surface area contributed by atoms with E-state index in [1.165, 1.54) is 11.3 Å². The van der Waals surface area contributed by atoms with Crippen LogP contribution in [0.3, 0.4) is 0 Å². The highest BCUT2D eigenvalue weighted by molar-refractivity contribution is 7.13. The van der Waals surface area contributed by atoms with Gasteiger partial charge in [0.05, 0.1) is 23.9 Å². The minimum Gasteiger partial charge on any atom is -0.372 e. The number of amides is 1. The highest BCUT2D eigenvalue weighted by Crippen LogP contribution is 2.20. The summed E-state index contributed by atoms with van der Waals surface area (Å²) in [5.41, 5.74) is 1.06. The normalized spacial score (nSPS) is 18.4. The zero-order chi connectivity index (χ0) is 15.4. The van der Waals surface area contributed by atoms with E-state index in [0.717, 1.165) is 30.0 Å². The molecule has 0 N–H and O–H groups in total. The molecule has 0 radical (unpaired) electrons. The molecule has 0 saturated carbocycles. The lowest BCUT2D eigenvalue weighted by atomic mass is 10.1. The molecule has 1 amide bonds. The Hall–Kier alpha value is -1.79. The Balaban J connectivity index is 1.56. The van der Waals surface area contributed by atoms with Crippen LogP contribution in [0.4, 0.5) is 0 Å². The molecule has 1 aliphatic rings. The van der Waals surface area contributed by atoms with Gasteiger partial charge in [-0.2, -0.15) is 0 Å². The summed E-state index contributed by atoms with van der Waals surface area (Å²) in [7, 11) is 0. The first kappa shape index (κ1) is 15.1. The Morgan fingerprint density at radius 3 is 3.14 bits per heavy atom. The van der Waals surface area contributed by atoms with E-state index >= 15 is 0 Å². The molecule has 2 aromatic rings. The van der Waals surface area contributed by atoms with Gasteiger partial charge in [0, 0.05) is 25.5 Å². The van der Waals surface area contributed by atoms with Crippen molar-refractivity contribution in [2.75, 3.05) is 13.1 Å². The quantitative estimate of drug-likeness (QED) is 0.870. The maximum atomic E-state index is 12.5. The number of carbonyl (C=O) groups is 1. The molecule has 3 heterocycles. The monoisotopic (exact) mass is 317 g/mol. The van der Waals surface area contributed by atoms with Crippen molar-refractivity contribution in [1.29, 1.82) is 0 Å². The summed E-state index contributed by atoms with van der Waals surface area (Å²) in [6.45, 7) is 3.90. The summed E-state index contributed by atoms with van der Waals surface area (Å²) in [5.74, 6) is 0.0697. The first-order chi connectivity index (χ1) is 10.7. The summed E-state index contributed by atoms with van der Waals surface area (Å²) >= 11 is 1.45. The van der Waals surface area contributed by atoms with Crippen molar-refractivity contribution in [3.8, 4) is 0 Å². The van der Waals surface area contributed by atoms with Crippen LogP contribution in [0, 0.1) is 6.92 Å². The summed E-state index contributed by atoms with van der Waals surface area (Å²) in [6.07, 6.45) is 7.29. The van der Waals surface area contributed by atoms with Crippen molar-refractivity contribution in [1.82, 2.24) is 14.9 Å². The van der Waals surface area contributed by atoms with Crippen molar-refractivity contribution in [2.24, 2.45) is 0 Å². The molecule has 0 spiro atoms. The van der Waals surface area contributed by atoms with Gasteiger partial charge in [-0.3, -0.25) is 9.78 Å². The largest absolute Gasteiger partial charge is 0.372 e. The fourth-order valence-electron chi connectivity index (χ4n) is 2.57. The van der Waals surface area contributed by atoms with E-state index in [-0.39, 0.29) is 12.0 Å². The molecule has 0 bridgehead atoms. The SMILES string of the molecule is Cc1ncc(C(=O)N2CCCC(OCc3cccnc3)C2)s1. The summed E-state index contributed by atoms with van der Waals surface area (Å²) in [6, 6.07) is 3.90. The third-order valence-electron chi connectivity index (χ3n) is 3.71. The molecule has 0 aromatic carbocycles. The smallest absolute Gasteiger partial charge is 0.265 e. The van der Waals surface area contributed by atoms with Gasteiger partial charge in [0.2, 0.25) is 0 Å². The minimum atomic E-state index is 0.0697. The van der Waals surface area contributed by atoms with Crippen LogP contribution in [-0.2, 0) is 11.3 Å². The number of nitrogens with zero attached hydrogens (tertiary/aromatic N) is 3. The topological polar surface area (TPSA) is 55.3 Å². The van der Waals surface area contributed by atoms with Crippen LogP contribution in [0.2, 0.25) is 0 Å². The number of hydrogen-bond acceptors (Lipinski definition) is 5. The second-order valence-electron chi connectivity index (χ2n) is 5.43. The molecule has 22 heavy (non-hydrogen) atoms. The van der Waals surface area contributed by atoms with Gasteiger partial charge in [-0.25, -0.2) is 4.98 Å². The third-order valence-corrected chi connectivity index (χ3v) is 4.61. The lowest BCUT2D eigenvalue weighted by molar-refractivity contribution is -0.00668. The van der Waals surface area contributed by atoms with Crippen LogP contribution in [0.1, 0.15) is 33.1 Å². The van der Waals surface area contributed by atoms with Crippen LogP contribution in [0.15, 0.2) is 30.7 Å². The van der Waals surface area contributed by atoms with E-state index in [1.807, 2.05) is 30.2 Å². The van der Waals surface area contributed by atoms with Crippen LogP contribution in [0.25, 0.3) is 0 Å². The van der Waals surface area contributed by atoms with Crippen LogP contribution in [0.5, 0.6) is 0 Å². The number of pyridine rings is 1. The van der Waals surface area contributed by atoms with Crippen molar-refractivity contribution in [2.45, 2.75) is 32.5 Å². The number of aromatic nitrogens is 2. The van der Waals surface area contributed by atoms with Gasteiger partial charge in [-0.1, -0.05) is 6.07 Å². The Labute approximate surface area is 134 Å². The van der Waals surface area contributed by atoms with E-state index in [1.54, 1.807) is 12.4 Å². The van der Waals surface area contributed by atoms with Crippen LogP contribution >= 0.6 is 11.3 Å². The molecule has 6 heteroatoms. The van der Waals surface area contributed by atoms with Gasteiger partial charge in [-0.15, -0.1) is 11.3 Å². The maximum Gasteiger partial charge on any atom is 0.265 e. The number of rotatable bonds is 4. The molecule has 5 nitrogen and oxygen atoms in total. The van der Waals surface area contributed by atoms with Crippen LogP contribution in [-0.4, -0.2) is 40.0 Å². The molecule has 0 aliphatic carbocycles. The highest BCUT2D eigenvalue weighted by atomic mass is 32.1. The fraction of sp³-hybridized carbons (Fsp3) is 0.438. The van der Waals surface area contributed by atoms with Crippen molar-refractivity contribution < 1.29 is 9.53 Å². The van der Waals surface area contributed by atoms with Gasteiger partial charge >= 0.3 is 0 Å². The Morgan fingerprint density at radius 1 is 1.50 bits per heavy atom. The molecular formula is C16H19N3O2S. The van der Waals surface area contributed by atoms with E-state index in [4.69, 9.17) is 4.74 Å². The molecule has 1 atom stereocenters. The van der Waals surface area contributed by atoms with E-state index in [0.29, 0.717) is 18.0 Å². The number of likely N-dealkylation sites (tertiary alicyclic amines) is 1. The number of hydrogen-bond donors (Lipinski definition) is 0. The highest BCUT2D eigenvalue weighted by Gasteiger charge is 2.26. The van der Waals surface area contributed by atoms with Crippen LogP contribution < -0.4 is 0 Å². The van der Waals surface area contributed by atoms with Gasteiger partial charge in [-0.05, 0) is 31.4 Å². The average Bonchev–Trinajstić information content (AvgIpc) is 3.00. The first-order valence-electron chi connectivity index (χ1n) is 7.44. The Kier molecular flexibility index (Phi) is 4.80. The van der Waals surface area contributed by atoms with Gasteiger partial charge < -0.3 is 9.64 Å². The Bertz CT molecular complexity index is 629. The molecule has 1 saturated heterocycles. The second kappa shape index (κ2) is 6.98. The number of aryl methyl sites for hydroxylation is 1. The van der Waals surface area contributed by atoms with Gasteiger partial charge in [0.1, 0.15) is 4.88 Å².